The third-order valence-corrected chi connectivity index (χ3v) is 5.08. The fourth-order valence-corrected chi connectivity index (χ4v) is 3.73. The first-order valence-electron chi connectivity index (χ1n) is 7.93. The third kappa shape index (κ3) is 3.09. The molecule has 2 aliphatic rings. The molecule has 1 atom stereocenters. The Kier molecular flexibility index (Phi) is 4.90. The zero-order valence-corrected chi connectivity index (χ0v) is 14.0. The molecule has 1 aromatic heterocycles. The van der Waals surface area contributed by atoms with Gasteiger partial charge in [-0.25, -0.2) is 0 Å². The molecule has 1 saturated heterocycles. The van der Waals surface area contributed by atoms with Gasteiger partial charge in [0.1, 0.15) is 6.04 Å². The first-order chi connectivity index (χ1) is 10.7. The van der Waals surface area contributed by atoms with Crippen molar-refractivity contribution in [3.05, 3.63) is 11.8 Å². The number of carbonyl (C=O) groups excluding carboxylic acids is 2. The molecule has 22 heavy (non-hydrogen) atoms. The molecule has 0 bridgehead atoms. The number of likely N-dealkylation sites (tertiary alicyclic amines) is 1. The van der Waals surface area contributed by atoms with Gasteiger partial charge in [-0.1, -0.05) is 35.2 Å². The average Bonchev–Trinajstić information content (AvgIpc) is 3.23. The Balaban J connectivity index is 1.72. The molecule has 120 valence electrons. The van der Waals surface area contributed by atoms with Gasteiger partial charge < -0.3 is 9.32 Å². The molecule has 7 heteroatoms. The second kappa shape index (κ2) is 6.89. The lowest BCUT2D eigenvalue weighted by molar-refractivity contribution is -0.128. The Labute approximate surface area is 137 Å². The quantitative estimate of drug-likeness (QED) is 0.602. The van der Waals surface area contributed by atoms with Gasteiger partial charge in [0.25, 0.3) is 5.89 Å². The fourth-order valence-electron chi connectivity index (χ4n) is 3.41. The number of Topliss-reactive ketones (excluding diaryl/α,β-unsaturated/α-hetero) is 1. The van der Waals surface area contributed by atoms with E-state index >= 15 is 0 Å². The van der Waals surface area contributed by atoms with Crippen LogP contribution in [0.2, 0.25) is 0 Å². The molecule has 0 radical (unpaired) electrons. The molecule has 0 aromatic carbocycles. The summed E-state index contributed by atoms with van der Waals surface area (Å²) in [5.41, 5.74) is 0. The number of rotatable bonds is 4. The molecule has 2 heterocycles. The van der Waals surface area contributed by atoms with Crippen molar-refractivity contribution in [2.24, 2.45) is 0 Å². The predicted molar refractivity (Wildman–Crippen MR) is 83.0 cm³/mol. The highest BCUT2D eigenvalue weighted by atomic mass is 79.9. The van der Waals surface area contributed by atoms with Crippen molar-refractivity contribution in [2.45, 2.75) is 56.9 Å². The maximum atomic E-state index is 12.6. The Morgan fingerprint density at radius 3 is 2.64 bits per heavy atom. The number of nitrogens with zero attached hydrogens (tertiary/aromatic N) is 3. The molecule has 1 aliphatic carbocycles. The second-order valence-electron chi connectivity index (χ2n) is 6.02. The Morgan fingerprint density at radius 2 is 1.91 bits per heavy atom. The fraction of sp³-hybridized carbons (Fsp3) is 0.733. The molecule has 6 nitrogen and oxygen atoms in total. The van der Waals surface area contributed by atoms with Gasteiger partial charge in [0.15, 0.2) is 0 Å². The summed E-state index contributed by atoms with van der Waals surface area (Å²) in [5.74, 6) is 0.634. The van der Waals surface area contributed by atoms with Crippen LogP contribution in [0.3, 0.4) is 0 Å². The molecule has 1 aromatic rings. The minimum Gasteiger partial charge on any atom is -0.418 e. The Bertz CT molecular complexity index is 554. The molecule has 2 fully saturated rings. The summed E-state index contributed by atoms with van der Waals surface area (Å²) in [5, 5.41) is 8.24. The van der Waals surface area contributed by atoms with Crippen molar-refractivity contribution in [1.29, 1.82) is 0 Å². The molecule has 0 unspecified atom stereocenters. The number of aromatic nitrogens is 2. The molecule has 1 aliphatic heterocycles. The SMILES string of the molecule is O=C(c1nnc(C2CCCCC2)o1)[C@@H]1CCCN1C(=O)CBr. The minimum atomic E-state index is -0.454. The number of hydrogen-bond acceptors (Lipinski definition) is 5. The first kappa shape index (κ1) is 15.6. The van der Waals surface area contributed by atoms with Crippen LogP contribution in [-0.2, 0) is 4.79 Å². The molecule has 3 rings (SSSR count). The average molecular weight is 370 g/mol. The van der Waals surface area contributed by atoms with E-state index in [9.17, 15) is 9.59 Å². The van der Waals surface area contributed by atoms with Crippen LogP contribution in [0, 0.1) is 0 Å². The number of amides is 1. The molecule has 0 spiro atoms. The van der Waals surface area contributed by atoms with Crippen LogP contribution in [0.4, 0.5) is 0 Å². The molecular weight excluding hydrogens is 350 g/mol. The van der Waals surface area contributed by atoms with Crippen LogP contribution in [0.25, 0.3) is 0 Å². The highest BCUT2D eigenvalue weighted by Gasteiger charge is 2.37. The van der Waals surface area contributed by atoms with Gasteiger partial charge >= 0.3 is 0 Å². The number of alkyl halides is 1. The van der Waals surface area contributed by atoms with Gasteiger partial charge in [-0.15, -0.1) is 10.2 Å². The number of halogens is 1. The molecular formula is C15H20BrN3O3. The number of hydrogen-bond donors (Lipinski definition) is 0. The summed E-state index contributed by atoms with van der Waals surface area (Å²) in [6.45, 7) is 0.616. The van der Waals surface area contributed by atoms with Crippen molar-refractivity contribution in [3.63, 3.8) is 0 Å². The number of carbonyl (C=O) groups is 2. The van der Waals surface area contributed by atoms with Gasteiger partial charge in [0.05, 0.1) is 5.33 Å². The van der Waals surface area contributed by atoms with E-state index in [2.05, 4.69) is 26.1 Å². The maximum Gasteiger partial charge on any atom is 0.286 e. The standard InChI is InChI=1S/C15H20BrN3O3/c16-9-12(20)19-8-4-7-11(19)13(21)15-18-17-14(22-15)10-5-2-1-3-6-10/h10-11H,1-9H2/t11-/m0/s1. The van der Waals surface area contributed by atoms with Gasteiger partial charge in [-0.2, -0.15) is 0 Å². The second-order valence-corrected chi connectivity index (χ2v) is 6.58. The van der Waals surface area contributed by atoms with Crippen LogP contribution in [0.1, 0.15) is 67.4 Å². The third-order valence-electron chi connectivity index (χ3n) is 4.60. The zero-order valence-electron chi connectivity index (χ0n) is 12.5. The summed E-state index contributed by atoms with van der Waals surface area (Å²) in [6, 6.07) is -0.454. The summed E-state index contributed by atoms with van der Waals surface area (Å²) in [4.78, 5) is 26.1. The van der Waals surface area contributed by atoms with Crippen LogP contribution in [-0.4, -0.2) is 44.7 Å². The Hall–Kier alpha value is -1.24. The summed E-state index contributed by atoms with van der Waals surface area (Å²) < 4.78 is 5.64. The summed E-state index contributed by atoms with van der Waals surface area (Å²) in [7, 11) is 0. The van der Waals surface area contributed by atoms with E-state index in [4.69, 9.17) is 4.42 Å². The van der Waals surface area contributed by atoms with Crippen molar-refractivity contribution >= 4 is 27.6 Å². The van der Waals surface area contributed by atoms with E-state index in [0.29, 0.717) is 18.9 Å². The summed E-state index contributed by atoms with van der Waals surface area (Å²) >= 11 is 3.16. The zero-order chi connectivity index (χ0) is 15.5. The van der Waals surface area contributed by atoms with E-state index in [-0.39, 0.29) is 28.8 Å². The smallest absolute Gasteiger partial charge is 0.286 e. The highest BCUT2D eigenvalue weighted by molar-refractivity contribution is 9.09. The van der Waals surface area contributed by atoms with Crippen molar-refractivity contribution in [3.8, 4) is 0 Å². The van der Waals surface area contributed by atoms with E-state index in [1.807, 2.05) is 0 Å². The van der Waals surface area contributed by atoms with Gasteiger partial charge in [0.2, 0.25) is 17.6 Å². The highest BCUT2D eigenvalue weighted by Crippen LogP contribution is 2.32. The minimum absolute atomic E-state index is 0.0554. The maximum absolute atomic E-state index is 12.6. The lowest BCUT2D eigenvalue weighted by atomic mass is 9.89. The van der Waals surface area contributed by atoms with Crippen LogP contribution >= 0.6 is 15.9 Å². The van der Waals surface area contributed by atoms with Crippen molar-refractivity contribution in [2.75, 3.05) is 11.9 Å². The van der Waals surface area contributed by atoms with Gasteiger partial charge in [0, 0.05) is 12.5 Å². The molecule has 1 saturated carbocycles. The number of ketones is 1. The lowest BCUT2D eigenvalue weighted by Crippen LogP contribution is -2.41. The van der Waals surface area contributed by atoms with E-state index in [0.717, 1.165) is 19.3 Å². The Morgan fingerprint density at radius 1 is 1.14 bits per heavy atom. The molecule has 1 amide bonds. The largest absolute Gasteiger partial charge is 0.418 e. The predicted octanol–water partition coefficient (Wildman–Crippen LogP) is 2.69. The van der Waals surface area contributed by atoms with E-state index < -0.39 is 6.04 Å². The van der Waals surface area contributed by atoms with Crippen LogP contribution in [0.15, 0.2) is 4.42 Å². The van der Waals surface area contributed by atoms with Crippen molar-refractivity contribution < 1.29 is 14.0 Å². The van der Waals surface area contributed by atoms with Gasteiger partial charge in [-0.05, 0) is 25.7 Å². The van der Waals surface area contributed by atoms with E-state index in [1.54, 1.807) is 4.90 Å². The summed E-state index contributed by atoms with van der Waals surface area (Å²) in [6.07, 6.45) is 7.19. The first-order valence-corrected chi connectivity index (χ1v) is 9.06. The lowest BCUT2D eigenvalue weighted by Gasteiger charge is -2.21. The monoisotopic (exact) mass is 369 g/mol. The van der Waals surface area contributed by atoms with Crippen molar-refractivity contribution in [1.82, 2.24) is 15.1 Å². The van der Waals surface area contributed by atoms with Crippen LogP contribution in [0.5, 0.6) is 0 Å². The normalized spacial score (nSPS) is 23.0. The topological polar surface area (TPSA) is 76.3 Å². The molecule has 0 N–H and O–H groups in total. The van der Waals surface area contributed by atoms with Crippen LogP contribution < -0.4 is 0 Å². The van der Waals surface area contributed by atoms with Gasteiger partial charge in [-0.3, -0.25) is 9.59 Å². The van der Waals surface area contributed by atoms with E-state index in [1.165, 1.54) is 19.3 Å².